The van der Waals surface area contributed by atoms with E-state index in [-0.39, 0.29) is 12.8 Å². The van der Waals surface area contributed by atoms with Crippen LogP contribution in [0.5, 0.6) is 0 Å². The lowest BCUT2D eigenvalue weighted by Crippen LogP contribution is -2.63. The molecule has 1 heterocycles. The minimum atomic E-state index is -0.812. The van der Waals surface area contributed by atoms with Gasteiger partial charge in [0, 0.05) is 39.2 Å². The fourth-order valence-corrected chi connectivity index (χ4v) is 5.82. The van der Waals surface area contributed by atoms with Crippen LogP contribution < -0.4 is 16.0 Å². The molecule has 0 aromatic heterocycles. The molecular formula is C24H43N5O3. The van der Waals surface area contributed by atoms with Crippen LogP contribution in [0.4, 0.5) is 0 Å². The van der Waals surface area contributed by atoms with Crippen molar-refractivity contribution in [3.8, 4) is 6.07 Å². The van der Waals surface area contributed by atoms with Gasteiger partial charge in [-0.25, -0.2) is 0 Å². The zero-order valence-corrected chi connectivity index (χ0v) is 19.7. The molecule has 2 saturated carbocycles. The van der Waals surface area contributed by atoms with E-state index in [2.05, 4.69) is 22.0 Å². The first-order valence-corrected chi connectivity index (χ1v) is 12.6. The number of aliphatic carboxylic acids is 1. The summed E-state index contributed by atoms with van der Waals surface area (Å²) >= 11 is 0. The molecule has 3 aliphatic rings. The van der Waals surface area contributed by atoms with Crippen molar-refractivity contribution in [1.29, 1.82) is 5.26 Å². The Morgan fingerprint density at radius 3 is 2.34 bits per heavy atom. The Morgan fingerprint density at radius 2 is 1.75 bits per heavy atom. The quantitative estimate of drug-likeness (QED) is 0.380. The van der Waals surface area contributed by atoms with Crippen molar-refractivity contribution < 1.29 is 14.6 Å². The molecule has 0 aromatic carbocycles. The van der Waals surface area contributed by atoms with Crippen LogP contribution in [0.25, 0.3) is 0 Å². The summed E-state index contributed by atoms with van der Waals surface area (Å²) in [6.45, 7) is 3.53. The van der Waals surface area contributed by atoms with Gasteiger partial charge in [-0.2, -0.15) is 5.26 Å². The lowest BCUT2D eigenvalue weighted by Gasteiger charge is -2.40. The molecule has 0 spiro atoms. The molecule has 0 atom stereocenters. The van der Waals surface area contributed by atoms with E-state index < -0.39 is 5.97 Å². The van der Waals surface area contributed by atoms with Crippen molar-refractivity contribution in [2.24, 2.45) is 17.8 Å². The van der Waals surface area contributed by atoms with Crippen LogP contribution in [0.2, 0.25) is 0 Å². The third-order valence-electron chi connectivity index (χ3n) is 7.89. The molecule has 1 aliphatic heterocycles. The molecule has 2 aliphatic carbocycles. The van der Waals surface area contributed by atoms with Gasteiger partial charge in [0.1, 0.15) is 6.29 Å². The molecule has 8 heteroatoms. The topological polar surface area (TPSA) is 110 Å². The second kappa shape index (κ2) is 13.5. The first-order chi connectivity index (χ1) is 15.6. The van der Waals surface area contributed by atoms with Crippen molar-refractivity contribution in [3.05, 3.63) is 0 Å². The molecule has 4 N–H and O–H groups in total. The van der Waals surface area contributed by atoms with Gasteiger partial charge in [0.05, 0.1) is 18.7 Å². The summed E-state index contributed by atoms with van der Waals surface area (Å²) in [5.74, 6) is 1.38. The predicted molar refractivity (Wildman–Crippen MR) is 124 cm³/mol. The summed E-state index contributed by atoms with van der Waals surface area (Å²) in [4.78, 5) is 12.9. The summed E-state index contributed by atoms with van der Waals surface area (Å²) < 4.78 is 5.51. The van der Waals surface area contributed by atoms with Crippen molar-refractivity contribution in [3.63, 3.8) is 0 Å². The van der Waals surface area contributed by atoms with E-state index >= 15 is 0 Å². The van der Waals surface area contributed by atoms with E-state index in [1.807, 2.05) is 12.0 Å². The summed E-state index contributed by atoms with van der Waals surface area (Å²) in [5.41, 5.74) is 0. The monoisotopic (exact) mass is 449 g/mol. The van der Waals surface area contributed by atoms with Gasteiger partial charge in [0.25, 0.3) is 0 Å². The molecule has 32 heavy (non-hydrogen) atoms. The first kappa shape index (κ1) is 25.4. The second-order valence-electron chi connectivity index (χ2n) is 10.0. The smallest absolute Gasteiger partial charge is 0.317 e. The number of ether oxygens (including phenoxy) is 1. The third-order valence-corrected chi connectivity index (χ3v) is 7.89. The van der Waals surface area contributed by atoms with Crippen LogP contribution in [0, 0.1) is 29.1 Å². The van der Waals surface area contributed by atoms with Crippen LogP contribution in [0.15, 0.2) is 0 Å². The van der Waals surface area contributed by atoms with Crippen molar-refractivity contribution in [1.82, 2.24) is 20.9 Å². The predicted octanol–water partition coefficient (Wildman–Crippen LogP) is 2.12. The van der Waals surface area contributed by atoms with Gasteiger partial charge in [-0.1, -0.05) is 0 Å². The Labute approximate surface area is 193 Å². The Balaban J connectivity index is 1.29. The number of methoxy groups -OCH3 is 1. The molecule has 182 valence electrons. The maximum absolute atomic E-state index is 11.0. The second-order valence-corrected chi connectivity index (χ2v) is 10.0. The van der Waals surface area contributed by atoms with Crippen molar-refractivity contribution in [2.75, 3.05) is 39.8 Å². The lowest BCUT2D eigenvalue weighted by molar-refractivity contribution is -0.138. The number of nitrogens with zero attached hydrogens (tertiary/aromatic N) is 2. The highest BCUT2D eigenvalue weighted by atomic mass is 16.5. The van der Waals surface area contributed by atoms with Crippen molar-refractivity contribution in [2.45, 2.75) is 82.6 Å². The zero-order valence-electron chi connectivity index (χ0n) is 19.7. The van der Waals surface area contributed by atoms with E-state index in [1.54, 1.807) is 0 Å². The number of carboxylic acids is 1. The third kappa shape index (κ3) is 8.27. The normalized spacial score (nSPS) is 33.7. The number of hydrogen-bond acceptors (Lipinski definition) is 7. The summed E-state index contributed by atoms with van der Waals surface area (Å²) in [5, 5.41) is 29.0. The van der Waals surface area contributed by atoms with Crippen LogP contribution in [-0.2, 0) is 9.53 Å². The SMILES string of the molecule is COC1CCC(C2CNC(NC3CCC(CCN(CCC#N)CC(=O)O)CC3)NC2)CC1. The van der Waals surface area contributed by atoms with E-state index in [1.165, 1.54) is 51.4 Å². The Bertz CT molecular complexity index is 589. The maximum atomic E-state index is 11.0. The number of hydrogen-bond donors (Lipinski definition) is 4. The van der Waals surface area contributed by atoms with Gasteiger partial charge in [-0.15, -0.1) is 0 Å². The maximum Gasteiger partial charge on any atom is 0.317 e. The fourth-order valence-electron chi connectivity index (χ4n) is 5.82. The molecular weight excluding hydrogens is 406 g/mol. The van der Waals surface area contributed by atoms with Crippen LogP contribution in [-0.4, -0.2) is 74.2 Å². The zero-order chi connectivity index (χ0) is 22.8. The van der Waals surface area contributed by atoms with E-state index in [0.29, 0.717) is 31.0 Å². The molecule has 0 unspecified atom stereocenters. The Kier molecular flexibility index (Phi) is 10.7. The number of nitriles is 1. The highest BCUT2D eigenvalue weighted by molar-refractivity contribution is 5.69. The average molecular weight is 450 g/mol. The average Bonchev–Trinajstić information content (AvgIpc) is 2.82. The Hall–Kier alpha value is -1.24. The fraction of sp³-hybridized carbons (Fsp3) is 0.917. The number of carbonyl (C=O) groups is 1. The molecule has 8 nitrogen and oxygen atoms in total. The van der Waals surface area contributed by atoms with Gasteiger partial charge in [0.15, 0.2) is 0 Å². The first-order valence-electron chi connectivity index (χ1n) is 12.6. The number of rotatable bonds is 11. The summed E-state index contributed by atoms with van der Waals surface area (Å²) in [6, 6.07) is 2.66. The largest absolute Gasteiger partial charge is 0.480 e. The number of carboxylic acid groups (broad SMARTS) is 1. The highest BCUT2D eigenvalue weighted by Gasteiger charge is 2.31. The van der Waals surface area contributed by atoms with Crippen molar-refractivity contribution >= 4 is 5.97 Å². The van der Waals surface area contributed by atoms with Crippen LogP contribution in [0.3, 0.4) is 0 Å². The molecule has 3 rings (SSSR count). The standard InChI is InChI=1S/C24H43N5O3/c1-32-22-9-5-19(6-10-22)20-15-26-24(27-16-20)28-21-7-3-18(4-8-21)11-14-29(13-2-12-25)17-23(30)31/h18-22,24,26-28H,2-11,13-17H2,1H3,(H,30,31). The van der Waals surface area contributed by atoms with E-state index in [0.717, 1.165) is 37.9 Å². The number of nitrogens with one attached hydrogen (secondary N) is 3. The molecule has 0 aromatic rings. The van der Waals surface area contributed by atoms with Gasteiger partial charge >= 0.3 is 5.97 Å². The lowest BCUT2D eigenvalue weighted by atomic mass is 9.78. The van der Waals surface area contributed by atoms with Gasteiger partial charge in [-0.3, -0.25) is 25.6 Å². The van der Waals surface area contributed by atoms with Gasteiger partial charge < -0.3 is 9.84 Å². The molecule has 0 radical (unpaired) electrons. The minimum absolute atomic E-state index is 0.0341. The van der Waals surface area contributed by atoms with E-state index in [4.69, 9.17) is 15.1 Å². The molecule has 3 fully saturated rings. The summed E-state index contributed by atoms with van der Waals surface area (Å²) in [6.07, 6.45) is 11.8. The van der Waals surface area contributed by atoms with Gasteiger partial charge in [-0.05, 0) is 82.1 Å². The van der Waals surface area contributed by atoms with Gasteiger partial charge in [0.2, 0.25) is 0 Å². The molecule has 0 bridgehead atoms. The van der Waals surface area contributed by atoms with Crippen LogP contribution in [0.1, 0.15) is 64.2 Å². The molecule has 1 saturated heterocycles. The van der Waals surface area contributed by atoms with Crippen LogP contribution >= 0.6 is 0 Å². The van der Waals surface area contributed by atoms with E-state index in [9.17, 15) is 4.79 Å². The summed E-state index contributed by atoms with van der Waals surface area (Å²) in [7, 11) is 1.84. The Morgan fingerprint density at radius 1 is 1.06 bits per heavy atom. The highest BCUT2D eigenvalue weighted by Crippen LogP contribution is 2.32. The molecule has 0 amide bonds. The minimum Gasteiger partial charge on any atom is -0.480 e.